The lowest BCUT2D eigenvalue weighted by atomic mass is 9.99. The van der Waals surface area contributed by atoms with Crippen LogP contribution in [-0.4, -0.2) is 41.6 Å². The highest BCUT2D eigenvalue weighted by atomic mass is 16.6. The Bertz CT molecular complexity index is 1200. The van der Waals surface area contributed by atoms with Gasteiger partial charge in [-0.1, -0.05) is 18.7 Å². The summed E-state index contributed by atoms with van der Waals surface area (Å²) in [4.78, 5) is 23.9. The van der Waals surface area contributed by atoms with Crippen molar-refractivity contribution in [1.82, 2.24) is 4.90 Å². The maximum atomic E-state index is 12.5. The van der Waals surface area contributed by atoms with Crippen LogP contribution in [0, 0.1) is 11.3 Å². The van der Waals surface area contributed by atoms with Crippen LogP contribution in [-0.2, 0) is 22.4 Å². The van der Waals surface area contributed by atoms with E-state index in [1.54, 1.807) is 17.0 Å². The Kier molecular flexibility index (Phi) is 8.38. The topological polar surface area (TPSA) is 113 Å². The molecule has 0 unspecified atom stereocenters. The molecule has 0 fully saturated rings. The fraction of sp³-hybridized carbons (Fsp3) is 0.393. The summed E-state index contributed by atoms with van der Waals surface area (Å²) in [6.07, 6.45) is 1.16. The Labute approximate surface area is 213 Å². The minimum Gasteiger partial charge on any atom is -0.444 e. The minimum atomic E-state index is -0.527. The first-order chi connectivity index (χ1) is 17.0. The van der Waals surface area contributed by atoms with Gasteiger partial charge in [0, 0.05) is 24.7 Å². The molecule has 3 N–H and O–H groups in total. The monoisotopic (exact) mass is 489 g/mol. The molecular weight excluding hydrogens is 454 g/mol. The van der Waals surface area contributed by atoms with Crippen LogP contribution >= 0.6 is 0 Å². The average Bonchev–Trinajstić information content (AvgIpc) is 3.03. The predicted octanol–water partition coefficient (Wildman–Crippen LogP) is 5.02. The zero-order valence-corrected chi connectivity index (χ0v) is 21.7. The molecule has 8 heteroatoms. The molecule has 1 amide bonds. The van der Waals surface area contributed by atoms with Crippen molar-refractivity contribution in [3.63, 3.8) is 0 Å². The molecule has 0 saturated heterocycles. The molecule has 2 aromatic rings. The molecule has 1 aliphatic heterocycles. The van der Waals surface area contributed by atoms with Crippen LogP contribution in [0.1, 0.15) is 62.4 Å². The number of nitrogens with one attached hydrogen (secondary N) is 1. The average molecular weight is 490 g/mol. The normalized spacial score (nSPS) is 13.9. The summed E-state index contributed by atoms with van der Waals surface area (Å²) in [5.41, 5.74) is 4.88. The van der Waals surface area contributed by atoms with Crippen molar-refractivity contribution in [3.05, 3.63) is 70.8 Å². The number of nitrogens with two attached hydrogens (primary N) is 1. The summed E-state index contributed by atoms with van der Waals surface area (Å²) in [6, 6.07) is 13.7. The number of benzene rings is 2. The van der Waals surface area contributed by atoms with Gasteiger partial charge in [0.15, 0.2) is 0 Å². The van der Waals surface area contributed by atoms with E-state index in [1.807, 2.05) is 58.9 Å². The van der Waals surface area contributed by atoms with Crippen molar-refractivity contribution in [1.29, 1.82) is 5.26 Å². The standard InChI is InChI=1S/C28H35N5O3/c1-18(2)31-25-10-9-23(16-24(25)17-29)26(36-30)32-19(3)21-8-7-20-11-13-33(14-12-22(20)15-21)27(34)35-28(4,5)6/h7-10,15-16,18,31H,3,11-14,30H2,1-2,4-6H3/b32-26-. The summed E-state index contributed by atoms with van der Waals surface area (Å²) in [5.74, 6) is 5.71. The number of hydrogen-bond acceptors (Lipinski definition) is 7. The number of aliphatic imine (C=N–C) groups is 1. The number of fused-ring (bicyclic) bond motifs is 1. The molecule has 1 aliphatic rings. The number of carbonyl (C=O) groups is 1. The number of amides is 1. The minimum absolute atomic E-state index is 0.165. The maximum absolute atomic E-state index is 12.5. The lowest BCUT2D eigenvalue weighted by Crippen LogP contribution is -2.38. The second kappa shape index (κ2) is 11.3. The van der Waals surface area contributed by atoms with E-state index in [1.165, 1.54) is 5.56 Å². The first-order valence-electron chi connectivity index (χ1n) is 12.1. The Hall–Kier alpha value is -3.83. The SMILES string of the molecule is C=C(/N=C(\ON)c1ccc(NC(C)C)c(C#N)c1)c1ccc2c(c1)CCN(C(=O)OC(C)(C)C)CC2. The summed E-state index contributed by atoms with van der Waals surface area (Å²) in [7, 11) is 0. The second-order valence-corrected chi connectivity index (χ2v) is 10.1. The highest BCUT2D eigenvalue weighted by Crippen LogP contribution is 2.25. The third-order valence-electron chi connectivity index (χ3n) is 5.67. The maximum Gasteiger partial charge on any atom is 0.410 e. The van der Waals surface area contributed by atoms with Crippen LogP contribution in [0.3, 0.4) is 0 Å². The smallest absolute Gasteiger partial charge is 0.410 e. The Balaban J connectivity index is 1.79. The number of anilines is 1. The number of carbonyl (C=O) groups excluding carboxylic acids is 1. The van der Waals surface area contributed by atoms with Crippen molar-refractivity contribution >= 4 is 23.4 Å². The summed E-state index contributed by atoms with van der Waals surface area (Å²) in [6.45, 7) is 14.9. The molecule has 2 aromatic carbocycles. The van der Waals surface area contributed by atoms with Gasteiger partial charge in [-0.25, -0.2) is 9.79 Å². The number of ether oxygens (including phenoxy) is 1. The molecule has 0 bridgehead atoms. The molecule has 36 heavy (non-hydrogen) atoms. The lowest BCUT2D eigenvalue weighted by molar-refractivity contribution is 0.0258. The van der Waals surface area contributed by atoms with Gasteiger partial charge in [-0.3, -0.25) is 0 Å². The number of nitrogens with zero attached hydrogens (tertiary/aromatic N) is 3. The van der Waals surface area contributed by atoms with Gasteiger partial charge in [-0.15, -0.1) is 0 Å². The van der Waals surface area contributed by atoms with Gasteiger partial charge in [-0.2, -0.15) is 11.2 Å². The van der Waals surface area contributed by atoms with Crippen LogP contribution in [0.5, 0.6) is 0 Å². The number of nitriles is 1. The van der Waals surface area contributed by atoms with Crippen molar-refractivity contribution in [3.8, 4) is 6.07 Å². The van der Waals surface area contributed by atoms with Gasteiger partial charge in [0.1, 0.15) is 11.7 Å². The highest BCUT2D eigenvalue weighted by Gasteiger charge is 2.24. The Morgan fingerprint density at radius 1 is 1.14 bits per heavy atom. The van der Waals surface area contributed by atoms with E-state index in [2.05, 4.69) is 23.0 Å². The molecule has 8 nitrogen and oxygen atoms in total. The van der Waals surface area contributed by atoms with Gasteiger partial charge >= 0.3 is 6.09 Å². The van der Waals surface area contributed by atoms with Gasteiger partial charge < -0.3 is 19.8 Å². The molecule has 3 rings (SSSR count). The van der Waals surface area contributed by atoms with Gasteiger partial charge in [0.2, 0.25) is 5.90 Å². The second-order valence-electron chi connectivity index (χ2n) is 10.1. The van der Waals surface area contributed by atoms with Gasteiger partial charge in [-0.05, 0) is 88.4 Å². The third kappa shape index (κ3) is 6.86. The summed E-state index contributed by atoms with van der Waals surface area (Å²) >= 11 is 0. The number of hydrogen-bond donors (Lipinski definition) is 2. The van der Waals surface area contributed by atoms with E-state index in [0.29, 0.717) is 36.3 Å². The third-order valence-corrected chi connectivity index (χ3v) is 5.67. The molecule has 0 saturated carbocycles. The van der Waals surface area contributed by atoms with Crippen molar-refractivity contribution in [2.45, 2.75) is 59.1 Å². The molecule has 0 spiro atoms. The van der Waals surface area contributed by atoms with E-state index in [4.69, 9.17) is 15.5 Å². The fourth-order valence-corrected chi connectivity index (χ4v) is 3.97. The number of rotatable bonds is 5. The molecule has 0 aliphatic carbocycles. The van der Waals surface area contributed by atoms with Gasteiger partial charge in [0.05, 0.1) is 16.9 Å². The van der Waals surface area contributed by atoms with Crippen LogP contribution in [0.15, 0.2) is 48.0 Å². The summed E-state index contributed by atoms with van der Waals surface area (Å²) in [5, 5.41) is 12.8. The molecule has 0 radical (unpaired) electrons. The molecule has 1 heterocycles. The first kappa shape index (κ1) is 26.8. The lowest BCUT2D eigenvalue weighted by Gasteiger charge is -2.26. The highest BCUT2D eigenvalue weighted by molar-refractivity contribution is 5.98. The molecule has 190 valence electrons. The van der Waals surface area contributed by atoms with E-state index in [9.17, 15) is 10.1 Å². The van der Waals surface area contributed by atoms with E-state index < -0.39 is 5.60 Å². The van der Waals surface area contributed by atoms with Crippen molar-refractivity contribution in [2.24, 2.45) is 10.9 Å². The van der Waals surface area contributed by atoms with Crippen LogP contribution in [0.25, 0.3) is 5.70 Å². The molecule has 0 atom stereocenters. The largest absolute Gasteiger partial charge is 0.444 e. The Morgan fingerprint density at radius 2 is 1.81 bits per heavy atom. The first-order valence-corrected chi connectivity index (χ1v) is 12.1. The zero-order chi connectivity index (χ0) is 26.5. The fourth-order valence-electron chi connectivity index (χ4n) is 3.97. The quantitative estimate of drug-likeness (QED) is 0.346. The van der Waals surface area contributed by atoms with E-state index in [0.717, 1.165) is 23.2 Å². The van der Waals surface area contributed by atoms with Crippen LogP contribution < -0.4 is 11.2 Å². The molecular formula is C28H35N5O3. The van der Waals surface area contributed by atoms with E-state index in [-0.39, 0.29) is 18.0 Å². The van der Waals surface area contributed by atoms with Gasteiger partial charge in [0.25, 0.3) is 0 Å². The molecule has 0 aromatic heterocycles. The Morgan fingerprint density at radius 3 is 2.42 bits per heavy atom. The van der Waals surface area contributed by atoms with Crippen molar-refractivity contribution in [2.75, 3.05) is 18.4 Å². The van der Waals surface area contributed by atoms with Crippen LogP contribution in [0.4, 0.5) is 10.5 Å². The van der Waals surface area contributed by atoms with E-state index >= 15 is 0 Å². The summed E-state index contributed by atoms with van der Waals surface area (Å²) < 4.78 is 5.54. The zero-order valence-electron chi connectivity index (χ0n) is 21.7. The van der Waals surface area contributed by atoms with Crippen molar-refractivity contribution < 1.29 is 14.4 Å². The predicted molar refractivity (Wildman–Crippen MR) is 142 cm³/mol. The van der Waals surface area contributed by atoms with Crippen LogP contribution in [0.2, 0.25) is 0 Å².